The highest BCUT2D eigenvalue weighted by molar-refractivity contribution is 5.81. The third kappa shape index (κ3) is 1.21. The molecule has 4 heteroatoms. The molecule has 0 radical (unpaired) electrons. The first-order valence-electron chi connectivity index (χ1n) is 3.74. The van der Waals surface area contributed by atoms with E-state index in [2.05, 4.69) is 23.8 Å². The van der Waals surface area contributed by atoms with Crippen LogP contribution in [0, 0.1) is 0 Å². The average molecular weight is 167 g/mol. The maximum atomic E-state index is 10.9. The Hall–Kier alpha value is -1.29. The summed E-state index contributed by atoms with van der Waals surface area (Å²) in [6.45, 7) is 7.66. The summed E-state index contributed by atoms with van der Waals surface area (Å²) in [7, 11) is 0. The second-order valence-electron chi connectivity index (χ2n) is 2.84. The molecule has 1 unspecified atom stereocenters. The van der Waals surface area contributed by atoms with Gasteiger partial charge in [-0.3, -0.25) is 0 Å². The number of hydrogen-bond acceptors (Lipinski definition) is 2. The summed E-state index contributed by atoms with van der Waals surface area (Å²) in [5.41, 5.74) is 5.64. The number of carbonyl (C=O) groups excluding carboxylic acids is 1. The van der Waals surface area contributed by atoms with E-state index in [1.54, 1.807) is 6.08 Å². The van der Waals surface area contributed by atoms with Crippen LogP contribution >= 0.6 is 0 Å². The first-order chi connectivity index (χ1) is 5.64. The molecule has 0 aromatic carbocycles. The quantitative estimate of drug-likeness (QED) is 0.521. The van der Waals surface area contributed by atoms with Crippen molar-refractivity contribution < 1.29 is 4.79 Å². The Morgan fingerprint density at radius 3 is 2.67 bits per heavy atom. The van der Waals surface area contributed by atoms with Gasteiger partial charge in [-0.2, -0.15) is 0 Å². The summed E-state index contributed by atoms with van der Waals surface area (Å²) in [6, 6.07) is -0.243. The van der Waals surface area contributed by atoms with Crippen molar-refractivity contribution in [1.82, 2.24) is 10.6 Å². The van der Waals surface area contributed by atoms with Crippen molar-refractivity contribution in [3.8, 4) is 0 Å². The lowest BCUT2D eigenvalue weighted by atomic mass is 9.93. The summed E-state index contributed by atoms with van der Waals surface area (Å²) in [5, 5.41) is 5.29. The largest absolute Gasteiger partial charge is 0.328 e. The van der Waals surface area contributed by atoms with Crippen LogP contribution in [-0.2, 0) is 0 Å². The van der Waals surface area contributed by atoms with E-state index in [4.69, 9.17) is 5.73 Å². The van der Waals surface area contributed by atoms with E-state index in [1.165, 1.54) is 0 Å². The molecule has 4 N–H and O–H groups in total. The molecule has 1 heterocycles. The van der Waals surface area contributed by atoms with Crippen molar-refractivity contribution in [2.24, 2.45) is 5.73 Å². The van der Waals surface area contributed by atoms with Gasteiger partial charge in [0.2, 0.25) is 0 Å². The molecule has 12 heavy (non-hydrogen) atoms. The van der Waals surface area contributed by atoms with Gasteiger partial charge >= 0.3 is 6.03 Å². The molecule has 0 aromatic rings. The van der Waals surface area contributed by atoms with E-state index in [0.717, 1.165) is 0 Å². The molecule has 1 fully saturated rings. The fraction of sp³-hybridized carbons (Fsp3) is 0.375. The first-order valence-corrected chi connectivity index (χ1v) is 3.74. The lowest BCUT2D eigenvalue weighted by molar-refractivity contribution is 0.244. The van der Waals surface area contributed by atoms with E-state index in [-0.39, 0.29) is 6.03 Å². The van der Waals surface area contributed by atoms with Crippen LogP contribution in [0.3, 0.4) is 0 Å². The van der Waals surface area contributed by atoms with Crippen molar-refractivity contribution >= 4 is 6.03 Å². The lowest BCUT2D eigenvalue weighted by Crippen LogP contribution is -2.48. The second-order valence-corrected chi connectivity index (χ2v) is 2.84. The van der Waals surface area contributed by atoms with Crippen LogP contribution in [0.2, 0.25) is 0 Å². The third-order valence-corrected chi connectivity index (χ3v) is 2.04. The van der Waals surface area contributed by atoms with E-state index < -0.39 is 5.54 Å². The number of amides is 2. The van der Waals surface area contributed by atoms with Gasteiger partial charge in [0, 0.05) is 12.2 Å². The maximum Gasteiger partial charge on any atom is 0.319 e. The minimum atomic E-state index is -0.529. The number of carbonyl (C=O) groups is 1. The highest BCUT2D eigenvalue weighted by Crippen LogP contribution is 2.21. The Morgan fingerprint density at radius 2 is 2.33 bits per heavy atom. The molecular weight excluding hydrogens is 154 g/mol. The fourth-order valence-electron chi connectivity index (χ4n) is 1.26. The van der Waals surface area contributed by atoms with Gasteiger partial charge in [0.05, 0.1) is 5.54 Å². The van der Waals surface area contributed by atoms with Crippen LogP contribution in [-0.4, -0.2) is 18.1 Å². The van der Waals surface area contributed by atoms with Gasteiger partial charge in [0.25, 0.3) is 0 Å². The topological polar surface area (TPSA) is 67.1 Å². The zero-order valence-corrected chi connectivity index (χ0v) is 6.89. The SMILES string of the molecule is C=CCC1(CN)NC(=O)NC1=C. The molecular formula is C8H13N3O. The highest BCUT2D eigenvalue weighted by atomic mass is 16.2. The van der Waals surface area contributed by atoms with Crippen molar-refractivity contribution in [2.75, 3.05) is 6.54 Å². The molecule has 1 aliphatic rings. The van der Waals surface area contributed by atoms with Crippen molar-refractivity contribution in [3.05, 3.63) is 24.9 Å². The number of hydrogen-bond donors (Lipinski definition) is 3. The van der Waals surface area contributed by atoms with Gasteiger partial charge in [-0.15, -0.1) is 6.58 Å². The monoisotopic (exact) mass is 167 g/mol. The number of nitrogens with two attached hydrogens (primary N) is 1. The second kappa shape index (κ2) is 2.98. The van der Waals surface area contributed by atoms with E-state index in [0.29, 0.717) is 18.7 Å². The molecule has 2 amide bonds. The predicted molar refractivity (Wildman–Crippen MR) is 47.4 cm³/mol. The average Bonchev–Trinajstić information content (AvgIpc) is 2.28. The van der Waals surface area contributed by atoms with Crippen LogP contribution in [0.25, 0.3) is 0 Å². The summed E-state index contributed by atoms with van der Waals surface area (Å²) in [4.78, 5) is 10.9. The molecule has 0 aliphatic carbocycles. The zero-order chi connectivity index (χ0) is 9.19. The molecule has 0 spiro atoms. The molecule has 4 nitrogen and oxygen atoms in total. The highest BCUT2D eigenvalue weighted by Gasteiger charge is 2.38. The third-order valence-electron chi connectivity index (χ3n) is 2.04. The summed E-state index contributed by atoms with van der Waals surface area (Å²) < 4.78 is 0. The molecule has 0 aromatic heterocycles. The predicted octanol–water partition coefficient (Wildman–Crippen LogP) is 0.0865. The molecule has 0 bridgehead atoms. The van der Waals surface area contributed by atoms with E-state index >= 15 is 0 Å². The summed E-state index contributed by atoms with van der Waals surface area (Å²) in [5.74, 6) is 0. The Bertz CT molecular complexity index is 236. The van der Waals surface area contributed by atoms with Crippen LogP contribution in [0.1, 0.15) is 6.42 Å². The minimum absolute atomic E-state index is 0.243. The Morgan fingerprint density at radius 1 is 1.67 bits per heavy atom. The Kier molecular flexibility index (Phi) is 2.19. The number of rotatable bonds is 3. The minimum Gasteiger partial charge on any atom is -0.328 e. The van der Waals surface area contributed by atoms with Crippen molar-refractivity contribution in [3.63, 3.8) is 0 Å². The van der Waals surface area contributed by atoms with Crippen LogP contribution < -0.4 is 16.4 Å². The normalized spacial score (nSPS) is 28.1. The van der Waals surface area contributed by atoms with Crippen LogP contribution in [0.5, 0.6) is 0 Å². The molecule has 1 atom stereocenters. The van der Waals surface area contributed by atoms with Gasteiger partial charge in [-0.1, -0.05) is 12.7 Å². The molecule has 1 aliphatic heterocycles. The first kappa shape index (κ1) is 8.80. The van der Waals surface area contributed by atoms with Crippen molar-refractivity contribution in [2.45, 2.75) is 12.0 Å². The molecule has 1 saturated heterocycles. The van der Waals surface area contributed by atoms with Crippen LogP contribution in [0.4, 0.5) is 4.79 Å². The van der Waals surface area contributed by atoms with Gasteiger partial charge in [-0.05, 0) is 6.42 Å². The lowest BCUT2D eigenvalue weighted by Gasteiger charge is -2.25. The summed E-state index contributed by atoms with van der Waals surface area (Å²) >= 11 is 0. The molecule has 1 rings (SSSR count). The Labute approximate surface area is 71.5 Å². The fourth-order valence-corrected chi connectivity index (χ4v) is 1.26. The number of nitrogens with one attached hydrogen (secondary N) is 2. The zero-order valence-electron chi connectivity index (χ0n) is 6.89. The van der Waals surface area contributed by atoms with Crippen molar-refractivity contribution in [1.29, 1.82) is 0 Å². The molecule has 66 valence electrons. The van der Waals surface area contributed by atoms with Crippen LogP contribution in [0.15, 0.2) is 24.9 Å². The molecule has 0 saturated carbocycles. The van der Waals surface area contributed by atoms with E-state index in [1.807, 2.05) is 0 Å². The van der Waals surface area contributed by atoms with E-state index in [9.17, 15) is 4.79 Å². The van der Waals surface area contributed by atoms with Gasteiger partial charge in [0.1, 0.15) is 0 Å². The van der Waals surface area contributed by atoms with Gasteiger partial charge in [0.15, 0.2) is 0 Å². The summed E-state index contributed by atoms with van der Waals surface area (Å²) in [6.07, 6.45) is 2.31. The standard InChI is InChI=1S/C8H13N3O/c1-3-4-8(5-9)6(2)10-7(12)11-8/h3H,1-2,4-5,9H2,(H2,10,11,12). The number of urea groups is 1. The maximum absolute atomic E-state index is 10.9. The Balaban J connectivity index is 2.85. The van der Waals surface area contributed by atoms with Gasteiger partial charge < -0.3 is 16.4 Å². The van der Waals surface area contributed by atoms with Gasteiger partial charge in [-0.25, -0.2) is 4.79 Å². The smallest absolute Gasteiger partial charge is 0.319 e.